The highest BCUT2D eigenvalue weighted by molar-refractivity contribution is 4.98. The van der Waals surface area contributed by atoms with Gasteiger partial charge in [-0.3, -0.25) is 0 Å². The summed E-state index contributed by atoms with van der Waals surface area (Å²) >= 11 is 0. The van der Waals surface area contributed by atoms with Gasteiger partial charge >= 0.3 is 0 Å². The van der Waals surface area contributed by atoms with Gasteiger partial charge in [0, 0.05) is 19.8 Å². The van der Waals surface area contributed by atoms with Crippen LogP contribution in [0.2, 0.25) is 0 Å². The molecule has 1 N–H and O–H groups in total. The van der Waals surface area contributed by atoms with E-state index in [1.165, 1.54) is 31.3 Å². The van der Waals surface area contributed by atoms with E-state index in [2.05, 4.69) is 6.58 Å². The van der Waals surface area contributed by atoms with Gasteiger partial charge in [-0.2, -0.15) is 0 Å². The van der Waals surface area contributed by atoms with Gasteiger partial charge in [-0.25, -0.2) is 0 Å². The summed E-state index contributed by atoms with van der Waals surface area (Å²) in [5.74, 6) is 0.797. The summed E-state index contributed by atoms with van der Waals surface area (Å²) in [6, 6.07) is 0. The Morgan fingerprint density at radius 1 is 1.22 bits per heavy atom. The van der Waals surface area contributed by atoms with Crippen molar-refractivity contribution in [3.8, 4) is 0 Å². The summed E-state index contributed by atoms with van der Waals surface area (Å²) in [6.07, 6.45) is 6.98. The Hall–Kier alpha value is -0.340. The molecule has 0 bridgehead atoms. The molecule has 0 amide bonds. The molecule has 0 heterocycles. The summed E-state index contributed by atoms with van der Waals surface area (Å²) in [6.45, 7) is 13.8. The maximum atomic E-state index is 8.56. The van der Waals surface area contributed by atoms with Gasteiger partial charge in [0.15, 0.2) is 0 Å². The lowest BCUT2D eigenvalue weighted by Crippen LogP contribution is -2.11. The minimum Gasteiger partial charge on any atom is -0.396 e. The van der Waals surface area contributed by atoms with Crippen LogP contribution in [-0.4, -0.2) is 24.9 Å². The maximum Gasteiger partial charge on any atom is 0.0487 e. The number of hydrogen-bond donors (Lipinski definition) is 1. The van der Waals surface area contributed by atoms with Crippen LogP contribution in [0.4, 0.5) is 0 Å². The van der Waals surface area contributed by atoms with Gasteiger partial charge in [0.05, 0.1) is 0 Å². The van der Waals surface area contributed by atoms with Gasteiger partial charge in [0.25, 0.3) is 0 Å². The summed E-state index contributed by atoms with van der Waals surface area (Å²) in [5.41, 5.74) is 1.41. The van der Waals surface area contributed by atoms with Gasteiger partial charge in [0.1, 0.15) is 0 Å². The average Bonchev–Trinajstić information content (AvgIpc) is 2.43. The first kappa shape index (κ1) is 20.0. The first-order valence-corrected chi connectivity index (χ1v) is 7.68. The normalized spacial score (nSPS) is 18.3. The molecule has 1 rings (SSSR count). The van der Waals surface area contributed by atoms with Crippen LogP contribution in [0.15, 0.2) is 12.2 Å². The zero-order chi connectivity index (χ0) is 14.2. The van der Waals surface area contributed by atoms with E-state index in [1.54, 1.807) is 0 Å². The van der Waals surface area contributed by atoms with Gasteiger partial charge in [-0.1, -0.05) is 39.8 Å². The Morgan fingerprint density at radius 2 is 1.89 bits per heavy atom. The molecule has 1 saturated carbocycles. The third-order valence-corrected chi connectivity index (χ3v) is 2.84. The molecule has 1 fully saturated rings. The minimum absolute atomic E-state index is 0.236. The predicted octanol–water partition coefficient (Wildman–Crippen LogP) is 4.57. The molecule has 0 aromatic carbocycles. The van der Waals surface area contributed by atoms with Crippen LogP contribution >= 0.6 is 0 Å². The zero-order valence-corrected chi connectivity index (χ0v) is 13.0. The first-order chi connectivity index (χ1) is 8.83. The van der Waals surface area contributed by atoms with E-state index in [0.29, 0.717) is 6.61 Å². The second-order valence-corrected chi connectivity index (χ2v) is 4.19. The quantitative estimate of drug-likeness (QED) is 0.558. The molecule has 0 aliphatic heterocycles. The van der Waals surface area contributed by atoms with Crippen LogP contribution in [0.5, 0.6) is 0 Å². The van der Waals surface area contributed by atoms with Crippen LogP contribution in [-0.2, 0) is 4.74 Å². The third kappa shape index (κ3) is 12.1. The Bertz CT molecular complexity index is 166. The van der Waals surface area contributed by atoms with Crippen molar-refractivity contribution in [1.82, 2.24) is 0 Å². The highest BCUT2D eigenvalue weighted by Gasteiger charge is 2.15. The fraction of sp³-hybridized carbons (Fsp3) is 0.875. The van der Waals surface area contributed by atoms with Gasteiger partial charge in [-0.15, -0.1) is 0 Å². The molecule has 1 atom stereocenters. The number of aliphatic hydroxyl groups excluding tert-OH is 1. The molecule has 0 aromatic rings. The van der Waals surface area contributed by atoms with E-state index in [4.69, 9.17) is 9.84 Å². The van der Waals surface area contributed by atoms with Crippen LogP contribution in [0.25, 0.3) is 0 Å². The van der Waals surface area contributed by atoms with Crippen molar-refractivity contribution in [3.63, 3.8) is 0 Å². The van der Waals surface area contributed by atoms with Crippen molar-refractivity contribution >= 4 is 0 Å². The summed E-state index contributed by atoms with van der Waals surface area (Å²) < 4.78 is 5.42. The van der Waals surface area contributed by atoms with E-state index in [1.807, 2.05) is 27.7 Å². The Balaban J connectivity index is 0. The van der Waals surface area contributed by atoms with Crippen molar-refractivity contribution in [3.05, 3.63) is 12.2 Å². The number of rotatable bonds is 6. The molecule has 1 aliphatic rings. The number of hydrogen-bond acceptors (Lipinski definition) is 2. The fourth-order valence-corrected chi connectivity index (χ4v) is 2.02. The average molecular weight is 258 g/mol. The van der Waals surface area contributed by atoms with Crippen molar-refractivity contribution in [1.29, 1.82) is 0 Å². The summed E-state index contributed by atoms with van der Waals surface area (Å²) in [7, 11) is 0. The highest BCUT2D eigenvalue weighted by Crippen LogP contribution is 2.29. The molecule has 2 heteroatoms. The van der Waals surface area contributed by atoms with Crippen LogP contribution in [0.3, 0.4) is 0 Å². The number of aliphatic hydroxyl groups is 1. The van der Waals surface area contributed by atoms with E-state index < -0.39 is 0 Å². The van der Waals surface area contributed by atoms with Crippen molar-refractivity contribution in [2.45, 2.75) is 66.2 Å². The lowest BCUT2D eigenvalue weighted by Gasteiger charge is -2.23. The predicted molar refractivity (Wildman–Crippen MR) is 80.9 cm³/mol. The maximum absolute atomic E-state index is 8.56. The van der Waals surface area contributed by atoms with Gasteiger partial charge < -0.3 is 9.84 Å². The van der Waals surface area contributed by atoms with Gasteiger partial charge in [0.2, 0.25) is 0 Å². The topological polar surface area (TPSA) is 29.5 Å². The van der Waals surface area contributed by atoms with E-state index in [9.17, 15) is 0 Å². The molecule has 0 aromatic heterocycles. The Kier molecular flexibility index (Phi) is 18.5. The molecule has 0 saturated heterocycles. The largest absolute Gasteiger partial charge is 0.396 e. The Labute approximate surface area is 114 Å². The molecular formula is C16H34O2. The molecule has 1 unspecified atom stereocenters. The smallest absolute Gasteiger partial charge is 0.0487 e. The molecule has 110 valence electrons. The monoisotopic (exact) mass is 258 g/mol. The summed E-state index contributed by atoms with van der Waals surface area (Å²) in [4.78, 5) is 0. The second-order valence-electron chi connectivity index (χ2n) is 4.19. The lowest BCUT2D eigenvalue weighted by atomic mass is 9.84. The Morgan fingerprint density at radius 3 is 2.44 bits per heavy atom. The van der Waals surface area contributed by atoms with Crippen molar-refractivity contribution in [2.75, 3.05) is 19.8 Å². The lowest BCUT2D eigenvalue weighted by molar-refractivity contribution is 0.102. The number of allylic oxidation sites excluding steroid dienone is 1. The molecular weight excluding hydrogens is 224 g/mol. The standard InChI is InChI=1S/C12H22O2.2C2H6/c1-11-4-2-5-12(10-11)6-9-14-8-3-7-13;2*1-2/h12-13H,1-10H2;2*1-2H3. The van der Waals surface area contributed by atoms with Crippen LogP contribution in [0, 0.1) is 5.92 Å². The molecule has 0 spiro atoms. The molecule has 1 aliphatic carbocycles. The van der Waals surface area contributed by atoms with Crippen molar-refractivity contribution in [2.24, 2.45) is 5.92 Å². The van der Waals surface area contributed by atoms with Crippen LogP contribution < -0.4 is 0 Å². The summed E-state index contributed by atoms with van der Waals surface area (Å²) in [5, 5.41) is 8.56. The van der Waals surface area contributed by atoms with Crippen molar-refractivity contribution < 1.29 is 9.84 Å². The second kappa shape index (κ2) is 16.7. The molecule has 0 radical (unpaired) electrons. The van der Waals surface area contributed by atoms with E-state index in [-0.39, 0.29) is 6.61 Å². The fourth-order valence-electron chi connectivity index (χ4n) is 2.02. The number of ether oxygens (including phenoxy) is 1. The molecule has 18 heavy (non-hydrogen) atoms. The SMILES string of the molecule is C=C1CCCC(CCOCCCO)C1.CC.CC. The molecule has 2 nitrogen and oxygen atoms in total. The third-order valence-electron chi connectivity index (χ3n) is 2.84. The van der Waals surface area contributed by atoms with Crippen LogP contribution in [0.1, 0.15) is 66.2 Å². The minimum atomic E-state index is 0.236. The van der Waals surface area contributed by atoms with E-state index in [0.717, 1.165) is 25.4 Å². The van der Waals surface area contributed by atoms with E-state index >= 15 is 0 Å². The zero-order valence-electron chi connectivity index (χ0n) is 13.0. The highest BCUT2D eigenvalue weighted by atomic mass is 16.5. The first-order valence-electron chi connectivity index (χ1n) is 7.68. The van der Waals surface area contributed by atoms with Gasteiger partial charge in [-0.05, 0) is 44.4 Å².